The zero-order valence-electron chi connectivity index (χ0n) is 15.9. The molecule has 0 saturated carbocycles. The molecule has 0 spiro atoms. The molecule has 0 aliphatic heterocycles. The molecular weight excluding hydrogens is 404 g/mol. The van der Waals surface area contributed by atoms with E-state index in [2.05, 4.69) is 37.5 Å². The SMILES string of the molecule is CCN(CC)CCN.CCN(CC)CCN.O.O=[N+]([O-])[O-].O=[N+]([O-])[O-].[Cu+2]. The smallest absolute Gasteiger partial charge is 0.412 e. The summed E-state index contributed by atoms with van der Waals surface area (Å²) in [7, 11) is 0. The van der Waals surface area contributed by atoms with Gasteiger partial charge in [-0.2, -0.15) is 0 Å². The van der Waals surface area contributed by atoms with Gasteiger partial charge in [-0.3, -0.25) is 0 Å². The molecule has 0 fully saturated rings. The Morgan fingerprint density at radius 3 is 0.885 bits per heavy atom. The Bertz CT molecular complexity index is 238. The van der Waals surface area contributed by atoms with E-state index < -0.39 is 10.2 Å². The second-order valence-electron chi connectivity index (χ2n) is 4.08. The number of hydrogen-bond acceptors (Lipinski definition) is 10. The third kappa shape index (κ3) is 66.2. The number of nitrogens with two attached hydrogens (primary N) is 2. The normalized spacial score (nSPS) is 8.31. The Balaban J connectivity index is -0.0000000525. The van der Waals surface area contributed by atoms with Gasteiger partial charge in [0.05, 0.1) is 10.2 Å². The molecule has 0 saturated heterocycles. The quantitative estimate of drug-likeness (QED) is 0.274. The molecule has 0 unspecified atom stereocenters. The van der Waals surface area contributed by atoms with Crippen LogP contribution in [0, 0.1) is 30.6 Å². The van der Waals surface area contributed by atoms with E-state index in [1.165, 1.54) is 0 Å². The first kappa shape index (κ1) is 39.7. The third-order valence-corrected chi connectivity index (χ3v) is 2.68. The molecule has 0 aromatic carbocycles. The minimum Gasteiger partial charge on any atom is -0.412 e. The van der Waals surface area contributed by atoms with Gasteiger partial charge in [0.25, 0.3) is 0 Å². The van der Waals surface area contributed by atoms with E-state index in [0.717, 1.165) is 52.4 Å². The molecule has 1 radical (unpaired) electrons. The number of hydrogen-bond donors (Lipinski definition) is 2. The predicted molar refractivity (Wildman–Crippen MR) is 98.0 cm³/mol. The van der Waals surface area contributed by atoms with E-state index in [-0.39, 0.29) is 22.5 Å². The van der Waals surface area contributed by atoms with Crippen LogP contribution in [0.5, 0.6) is 0 Å². The predicted octanol–water partition coefficient (Wildman–Crippen LogP) is -0.732. The maximum atomic E-state index is 8.25. The van der Waals surface area contributed by atoms with Gasteiger partial charge in [0, 0.05) is 26.2 Å². The van der Waals surface area contributed by atoms with Gasteiger partial charge in [0.2, 0.25) is 0 Å². The van der Waals surface area contributed by atoms with Crippen LogP contribution in [0.3, 0.4) is 0 Å². The number of rotatable bonds is 8. The van der Waals surface area contributed by atoms with Crippen LogP contribution in [-0.2, 0) is 17.1 Å². The Hall–Kier alpha value is -1.28. The van der Waals surface area contributed by atoms with E-state index >= 15 is 0 Å². The monoisotopic (exact) mass is 437 g/mol. The van der Waals surface area contributed by atoms with Crippen LogP contribution in [0.2, 0.25) is 0 Å². The molecule has 13 nitrogen and oxygen atoms in total. The molecule has 26 heavy (non-hydrogen) atoms. The largest absolute Gasteiger partial charge is 2.00 e. The second-order valence-corrected chi connectivity index (χ2v) is 4.08. The molecule has 0 aliphatic carbocycles. The Labute approximate surface area is 165 Å². The molecule has 0 bridgehead atoms. The average Bonchev–Trinajstić information content (AvgIpc) is 2.49. The fraction of sp³-hybridized carbons (Fsp3) is 1.00. The summed E-state index contributed by atoms with van der Waals surface area (Å²) in [6.45, 7) is 16.7. The zero-order valence-corrected chi connectivity index (χ0v) is 16.8. The maximum absolute atomic E-state index is 8.25. The minimum atomic E-state index is -1.75. The van der Waals surface area contributed by atoms with Gasteiger partial charge in [-0.1, -0.05) is 27.7 Å². The van der Waals surface area contributed by atoms with Gasteiger partial charge in [0.15, 0.2) is 0 Å². The number of nitrogens with zero attached hydrogens (tertiary/aromatic N) is 4. The van der Waals surface area contributed by atoms with Crippen molar-refractivity contribution in [3.8, 4) is 0 Å². The van der Waals surface area contributed by atoms with E-state index in [1.54, 1.807) is 0 Å². The van der Waals surface area contributed by atoms with Crippen LogP contribution in [0.1, 0.15) is 27.7 Å². The van der Waals surface area contributed by atoms with Crippen LogP contribution in [0.25, 0.3) is 0 Å². The summed E-state index contributed by atoms with van der Waals surface area (Å²) < 4.78 is 0. The van der Waals surface area contributed by atoms with Crippen LogP contribution in [0.4, 0.5) is 0 Å². The van der Waals surface area contributed by atoms with Crippen molar-refractivity contribution >= 4 is 0 Å². The van der Waals surface area contributed by atoms with E-state index in [1.807, 2.05) is 0 Å². The summed E-state index contributed by atoms with van der Waals surface area (Å²) in [4.78, 5) is 21.1. The molecule has 0 aromatic heterocycles. The molecular formula is C12H34CuN6O7. The first-order valence-corrected chi connectivity index (χ1v) is 7.64. The van der Waals surface area contributed by atoms with E-state index in [9.17, 15) is 0 Å². The van der Waals surface area contributed by atoms with Crippen LogP contribution in [-0.4, -0.2) is 77.8 Å². The molecule has 0 aliphatic rings. The number of likely N-dealkylation sites (N-methyl/N-ethyl adjacent to an activating group) is 2. The van der Waals surface area contributed by atoms with Crippen LogP contribution >= 0.6 is 0 Å². The fourth-order valence-corrected chi connectivity index (χ4v) is 1.44. The van der Waals surface area contributed by atoms with Gasteiger partial charge in [-0.15, -0.1) is 0 Å². The average molecular weight is 438 g/mol. The summed E-state index contributed by atoms with van der Waals surface area (Å²) in [6, 6.07) is 0. The minimum absolute atomic E-state index is 0. The standard InChI is InChI=1S/2C6H16N2.Cu.2NO3.H2O/c2*1-3-8(4-2)6-5-7;;2*2-1(3)4;/h2*3-7H2,1-2H3;;;;1H2/q;;+2;2*-1;. The maximum Gasteiger partial charge on any atom is 2.00 e. The summed E-state index contributed by atoms with van der Waals surface area (Å²) in [5.74, 6) is 0. The van der Waals surface area contributed by atoms with Gasteiger partial charge in [-0.25, -0.2) is 0 Å². The summed E-state index contributed by atoms with van der Waals surface area (Å²) >= 11 is 0. The Morgan fingerprint density at radius 1 is 0.692 bits per heavy atom. The Kier molecular flexibility index (Phi) is 53.3. The van der Waals surface area contributed by atoms with E-state index in [4.69, 9.17) is 42.1 Å². The van der Waals surface area contributed by atoms with Crippen molar-refractivity contribution in [3.05, 3.63) is 30.6 Å². The van der Waals surface area contributed by atoms with Gasteiger partial charge < -0.3 is 57.4 Å². The van der Waals surface area contributed by atoms with Crippen molar-refractivity contribution < 1.29 is 32.7 Å². The molecule has 0 heterocycles. The molecule has 0 rings (SSSR count). The summed E-state index contributed by atoms with van der Waals surface area (Å²) in [5, 5.41) is 29.5. The Morgan fingerprint density at radius 2 is 0.846 bits per heavy atom. The molecule has 165 valence electrons. The summed E-state index contributed by atoms with van der Waals surface area (Å²) in [5.41, 5.74) is 10.7. The zero-order chi connectivity index (χ0) is 20.0. The van der Waals surface area contributed by atoms with Crippen LogP contribution < -0.4 is 11.5 Å². The molecule has 0 amide bonds. The van der Waals surface area contributed by atoms with Crippen molar-refractivity contribution in [1.82, 2.24) is 9.80 Å². The molecule has 6 N–H and O–H groups in total. The molecule has 0 aromatic rings. The van der Waals surface area contributed by atoms with Crippen molar-refractivity contribution in [2.24, 2.45) is 11.5 Å². The third-order valence-electron chi connectivity index (χ3n) is 2.68. The van der Waals surface area contributed by atoms with Crippen LogP contribution in [0.15, 0.2) is 0 Å². The fourth-order valence-electron chi connectivity index (χ4n) is 1.44. The van der Waals surface area contributed by atoms with Gasteiger partial charge in [-0.05, 0) is 26.2 Å². The first-order chi connectivity index (χ1) is 11.2. The van der Waals surface area contributed by atoms with Gasteiger partial charge >= 0.3 is 17.1 Å². The second kappa shape index (κ2) is 34.9. The topological polar surface area (TPSA) is 222 Å². The van der Waals surface area contributed by atoms with Crippen molar-refractivity contribution in [3.63, 3.8) is 0 Å². The molecule has 0 atom stereocenters. The molecule has 14 heteroatoms. The van der Waals surface area contributed by atoms with Gasteiger partial charge in [0.1, 0.15) is 0 Å². The van der Waals surface area contributed by atoms with Crippen molar-refractivity contribution in [2.45, 2.75) is 27.7 Å². The van der Waals surface area contributed by atoms with E-state index in [0.29, 0.717) is 0 Å². The van der Waals surface area contributed by atoms with Crippen molar-refractivity contribution in [2.75, 3.05) is 52.4 Å². The van der Waals surface area contributed by atoms with Crippen molar-refractivity contribution in [1.29, 1.82) is 0 Å². The summed E-state index contributed by atoms with van der Waals surface area (Å²) in [6.07, 6.45) is 0. The first-order valence-electron chi connectivity index (χ1n) is 7.64.